The minimum atomic E-state index is -0.688. The van der Waals surface area contributed by atoms with E-state index in [1.165, 1.54) is 47.6 Å². The molecule has 0 spiro atoms. The van der Waals surface area contributed by atoms with Gasteiger partial charge < -0.3 is 10.7 Å². The molecular formula is C22H18ClF2N7O. The lowest BCUT2D eigenvalue weighted by molar-refractivity contribution is 0.624. The summed E-state index contributed by atoms with van der Waals surface area (Å²) in [5, 5.41) is -0.274. The van der Waals surface area contributed by atoms with Crippen LogP contribution in [0.5, 0.6) is 0 Å². The number of rotatable bonds is 3. The molecule has 0 aliphatic heterocycles. The lowest BCUT2D eigenvalue weighted by Crippen LogP contribution is -2.24. The minimum Gasteiger partial charge on any atom is -0.382 e. The first kappa shape index (κ1) is 22.3. The molecule has 3 N–H and O–H groups in total. The first-order valence-corrected chi connectivity index (χ1v) is 10.3. The smallest absolute Gasteiger partial charge is 0.267 e. The molecule has 0 bridgehead atoms. The number of fused-ring (bicyclic) bond motifs is 2. The predicted molar refractivity (Wildman–Crippen MR) is 122 cm³/mol. The number of imidazole rings is 1. The van der Waals surface area contributed by atoms with E-state index in [-0.39, 0.29) is 10.4 Å². The average Bonchev–Trinajstić information content (AvgIpc) is 3.27. The van der Waals surface area contributed by atoms with E-state index < -0.39 is 17.2 Å². The third kappa shape index (κ3) is 4.37. The average molecular weight is 470 g/mol. The van der Waals surface area contributed by atoms with Gasteiger partial charge in [0.25, 0.3) is 5.56 Å². The molecule has 0 saturated heterocycles. The molecule has 11 heteroatoms. The molecule has 0 aliphatic carbocycles. The summed E-state index contributed by atoms with van der Waals surface area (Å²) in [7, 11) is 0. The molecule has 0 unspecified atom stereocenters. The molecular weight excluding hydrogens is 452 g/mol. The highest BCUT2D eigenvalue weighted by Crippen LogP contribution is 2.24. The number of hydrogen-bond acceptors (Lipinski definition) is 6. The van der Waals surface area contributed by atoms with Crippen LogP contribution in [0, 0.1) is 11.6 Å². The molecule has 0 saturated carbocycles. The van der Waals surface area contributed by atoms with Gasteiger partial charge in [-0.15, -0.1) is 0 Å². The van der Waals surface area contributed by atoms with Gasteiger partial charge >= 0.3 is 0 Å². The van der Waals surface area contributed by atoms with Crippen LogP contribution in [0.15, 0.2) is 53.8 Å². The normalized spacial score (nSPS) is 10.9. The van der Waals surface area contributed by atoms with Gasteiger partial charge in [0.05, 0.1) is 27.9 Å². The highest BCUT2D eigenvalue weighted by atomic mass is 35.5. The molecule has 3 aromatic heterocycles. The summed E-state index contributed by atoms with van der Waals surface area (Å²) in [6.45, 7) is 1.95. The Morgan fingerprint density at radius 2 is 1.97 bits per heavy atom. The van der Waals surface area contributed by atoms with Gasteiger partial charge in [-0.1, -0.05) is 24.6 Å². The largest absolute Gasteiger partial charge is 0.382 e. The molecule has 0 fully saturated rings. The Labute approximate surface area is 191 Å². The monoisotopic (exact) mass is 469 g/mol. The Kier molecular flexibility index (Phi) is 6.27. The van der Waals surface area contributed by atoms with Gasteiger partial charge in [0, 0.05) is 6.42 Å². The quantitative estimate of drug-likeness (QED) is 0.409. The number of nitrogens with zero attached hydrogens (tertiary/aromatic N) is 5. The molecule has 5 rings (SSSR count). The lowest BCUT2D eigenvalue weighted by Gasteiger charge is -2.14. The third-order valence-corrected chi connectivity index (χ3v) is 5.16. The molecule has 8 nitrogen and oxygen atoms in total. The molecule has 5 aromatic rings. The van der Waals surface area contributed by atoms with Gasteiger partial charge in [-0.25, -0.2) is 28.7 Å². The summed E-state index contributed by atoms with van der Waals surface area (Å²) in [6.07, 6.45) is 4.20. The van der Waals surface area contributed by atoms with Crippen molar-refractivity contribution in [2.75, 3.05) is 5.73 Å². The van der Waals surface area contributed by atoms with Crippen molar-refractivity contribution in [1.29, 1.82) is 0 Å². The highest BCUT2D eigenvalue weighted by molar-refractivity contribution is 6.35. The summed E-state index contributed by atoms with van der Waals surface area (Å²) < 4.78 is 28.5. The van der Waals surface area contributed by atoms with Crippen molar-refractivity contribution >= 4 is 39.5 Å². The SMILES string of the molecule is CCCc1nc2ccc(F)c(Cl)c2c(=O)n1-c1cccc(F)c1.Nc1ncnc2nc[nH]c12. The second-order valence-corrected chi connectivity index (χ2v) is 7.39. The van der Waals surface area contributed by atoms with Crippen LogP contribution in [0.4, 0.5) is 14.6 Å². The number of halogens is 3. The van der Waals surface area contributed by atoms with E-state index in [4.69, 9.17) is 17.3 Å². The van der Waals surface area contributed by atoms with Crippen LogP contribution in [0.2, 0.25) is 5.02 Å². The van der Waals surface area contributed by atoms with Crippen LogP contribution in [0.25, 0.3) is 27.8 Å². The van der Waals surface area contributed by atoms with Crippen LogP contribution < -0.4 is 11.3 Å². The summed E-state index contributed by atoms with van der Waals surface area (Å²) in [6, 6.07) is 8.23. The van der Waals surface area contributed by atoms with Gasteiger partial charge in [-0.2, -0.15) is 0 Å². The fourth-order valence-corrected chi connectivity index (χ4v) is 3.55. The number of nitrogen functional groups attached to an aromatic ring is 1. The Morgan fingerprint density at radius 1 is 1.15 bits per heavy atom. The summed E-state index contributed by atoms with van der Waals surface area (Å²) in [4.78, 5) is 31.6. The van der Waals surface area contributed by atoms with Gasteiger partial charge in [-0.05, 0) is 36.8 Å². The molecule has 0 amide bonds. The van der Waals surface area contributed by atoms with E-state index in [0.717, 1.165) is 6.42 Å². The Balaban J connectivity index is 0.000000214. The molecule has 0 atom stereocenters. The van der Waals surface area contributed by atoms with E-state index in [1.54, 1.807) is 6.07 Å². The number of benzene rings is 2. The number of nitrogens with one attached hydrogen (secondary N) is 1. The maximum atomic E-state index is 13.7. The van der Waals surface area contributed by atoms with Gasteiger partial charge in [0.15, 0.2) is 11.5 Å². The molecule has 0 radical (unpaired) electrons. The number of hydrogen-bond donors (Lipinski definition) is 2. The summed E-state index contributed by atoms with van der Waals surface area (Å²) >= 11 is 5.95. The maximum absolute atomic E-state index is 13.7. The van der Waals surface area contributed by atoms with E-state index in [9.17, 15) is 13.6 Å². The van der Waals surface area contributed by atoms with E-state index in [0.29, 0.717) is 40.4 Å². The van der Waals surface area contributed by atoms with Gasteiger partial charge in [0.1, 0.15) is 29.3 Å². The second-order valence-electron chi connectivity index (χ2n) is 7.01. The topological polar surface area (TPSA) is 115 Å². The zero-order valence-corrected chi connectivity index (χ0v) is 18.1. The number of nitrogens with two attached hydrogens (primary N) is 1. The van der Waals surface area contributed by atoms with Crippen molar-refractivity contribution in [3.63, 3.8) is 0 Å². The first-order chi connectivity index (χ1) is 15.9. The van der Waals surface area contributed by atoms with Crippen molar-refractivity contribution in [2.45, 2.75) is 19.8 Å². The number of anilines is 1. The summed E-state index contributed by atoms with van der Waals surface area (Å²) in [5.74, 6) is -0.241. The zero-order chi connectivity index (χ0) is 23.5. The first-order valence-electron chi connectivity index (χ1n) is 9.95. The number of H-pyrrole nitrogens is 1. The van der Waals surface area contributed by atoms with E-state index in [1.807, 2.05) is 6.92 Å². The van der Waals surface area contributed by atoms with Crippen molar-refractivity contribution in [1.82, 2.24) is 29.5 Å². The Bertz CT molecular complexity index is 1520. The summed E-state index contributed by atoms with van der Waals surface area (Å²) in [5.41, 5.74) is 6.95. The predicted octanol–water partition coefficient (Wildman–Crippen LogP) is 4.20. The highest BCUT2D eigenvalue weighted by Gasteiger charge is 2.17. The minimum absolute atomic E-state index is 0.00391. The molecule has 2 aromatic carbocycles. The number of aromatic nitrogens is 6. The van der Waals surface area contributed by atoms with Crippen LogP contribution in [0.3, 0.4) is 0 Å². The second kappa shape index (κ2) is 9.29. The van der Waals surface area contributed by atoms with Gasteiger partial charge in [0.2, 0.25) is 0 Å². The van der Waals surface area contributed by atoms with Crippen LogP contribution in [-0.4, -0.2) is 29.5 Å². The standard InChI is InChI=1S/C17H13ClF2N2O.C5H5N5/c1-2-4-14-21-13-8-7-12(20)16(18)15(13)17(23)22(14)11-6-3-5-10(19)9-11;6-4-3-5(9-1-7-3)10-2-8-4/h3,5-9H,2,4H2,1H3;1-2H,(H3,6,7,8,9,10). The molecule has 168 valence electrons. The fraction of sp³-hybridized carbons (Fsp3) is 0.136. The van der Waals surface area contributed by atoms with Crippen LogP contribution in [-0.2, 0) is 6.42 Å². The molecule has 3 heterocycles. The third-order valence-electron chi connectivity index (χ3n) is 4.79. The Morgan fingerprint density at radius 3 is 2.70 bits per heavy atom. The van der Waals surface area contributed by atoms with Gasteiger partial charge in [-0.3, -0.25) is 9.36 Å². The van der Waals surface area contributed by atoms with Crippen molar-refractivity contribution in [3.05, 3.63) is 81.9 Å². The Hall–Kier alpha value is -3.92. The fourth-order valence-electron chi connectivity index (χ4n) is 3.31. The number of aryl methyl sites for hydroxylation is 1. The van der Waals surface area contributed by atoms with Crippen molar-refractivity contribution in [2.24, 2.45) is 0 Å². The number of aromatic amines is 1. The zero-order valence-electron chi connectivity index (χ0n) is 17.4. The molecule has 0 aliphatic rings. The van der Waals surface area contributed by atoms with Crippen molar-refractivity contribution < 1.29 is 8.78 Å². The maximum Gasteiger partial charge on any atom is 0.267 e. The molecule has 33 heavy (non-hydrogen) atoms. The van der Waals surface area contributed by atoms with Crippen molar-refractivity contribution in [3.8, 4) is 5.69 Å². The van der Waals surface area contributed by atoms with E-state index in [2.05, 4.69) is 24.9 Å². The van der Waals surface area contributed by atoms with Crippen LogP contribution in [0.1, 0.15) is 19.2 Å². The lowest BCUT2D eigenvalue weighted by atomic mass is 10.2. The van der Waals surface area contributed by atoms with E-state index >= 15 is 0 Å². The van der Waals surface area contributed by atoms with Crippen LogP contribution >= 0.6 is 11.6 Å².